The van der Waals surface area contributed by atoms with Crippen molar-refractivity contribution >= 4 is 0 Å². The standard InChI is InChI=1S/C30H52O/c1-7-9-22-19-30(6)23(18-28(22)31)12-13-24-26-15-14-25(21(4)11-8-10-20(2)3)29(26,5)17-16-27(24)30/h7,20-28,31H,1,8-19H2,2-6H3/t21-,22-,23+,24+,25-,26+,27+,28-,29-,30+/m1/s1. The summed E-state index contributed by atoms with van der Waals surface area (Å²) in [4.78, 5) is 0. The molecule has 0 aliphatic heterocycles. The van der Waals surface area contributed by atoms with E-state index in [0.29, 0.717) is 16.7 Å². The van der Waals surface area contributed by atoms with E-state index in [0.717, 1.165) is 54.3 Å². The zero-order valence-electron chi connectivity index (χ0n) is 21.4. The van der Waals surface area contributed by atoms with Crippen molar-refractivity contribution in [3.63, 3.8) is 0 Å². The fraction of sp³-hybridized carbons (Fsp3) is 0.933. The van der Waals surface area contributed by atoms with Crippen LogP contribution in [-0.4, -0.2) is 11.2 Å². The summed E-state index contributed by atoms with van der Waals surface area (Å²) in [5.74, 6) is 6.73. The second-order valence-electron chi connectivity index (χ2n) is 13.5. The average molecular weight is 429 g/mol. The molecule has 4 saturated carbocycles. The third-order valence-electron chi connectivity index (χ3n) is 11.5. The first-order chi connectivity index (χ1) is 14.7. The highest BCUT2D eigenvalue weighted by Crippen LogP contribution is 2.68. The number of rotatable bonds is 7. The monoisotopic (exact) mass is 428 g/mol. The van der Waals surface area contributed by atoms with Gasteiger partial charge in [0.05, 0.1) is 6.10 Å². The van der Waals surface area contributed by atoms with E-state index in [1.54, 1.807) is 0 Å². The molecule has 0 aromatic rings. The molecule has 178 valence electrons. The van der Waals surface area contributed by atoms with Crippen molar-refractivity contribution in [3.8, 4) is 0 Å². The van der Waals surface area contributed by atoms with E-state index in [2.05, 4.69) is 47.3 Å². The van der Waals surface area contributed by atoms with E-state index in [9.17, 15) is 5.11 Å². The van der Waals surface area contributed by atoms with Crippen LogP contribution in [0.5, 0.6) is 0 Å². The molecule has 4 aliphatic carbocycles. The van der Waals surface area contributed by atoms with Crippen LogP contribution in [0.4, 0.5) is 0 Å². The van der Waals surface area contributed by atoms with Crippen LogP contribution in [0.3, 0.4) is 0 Å². The Morgan fingerprint density at radius 3 is 2.42 bits per heavy atom. The van der Waals surface area contributed by atoms with Crippen molar-refractivity contribution in [1.82, 2.24) is 0 Å². The molecule has 0 unspecified atom stereocenters. The van der Waals surface area contributed by atoms with Crippen molar-refractivity contribution in [2.45, 2.75) is 118 Å². The highest BCUT2D eigenvalue weighted by molar-refractivity contribution is 5.10. The lowest BCUT2D eigenvalue weighted by molar-refractivity contribution is -0.144. The molecule has 0 heterocycles. The minimum absolute atomic E-state index is 0.0935. The lowest BCUT2D eigenvalue weighted by Crippen LogP contribution is -2.55. The van der Waals surface area contributed by atoms with Crippen LogP contribution in [0.25, 0.3) is 0 Å². The van der Waals surface area contributed by atoms with Crippen molar-refractivity contribution in [1.29, 1.82) is 0 Å². The molecular weight excluding hydrogens is 376 g/mol. The van der Waals surface area contributed by atoms with Gasteiger partial charge in [-0.3, -0.25) is 0 Å². The highest BCUT2D eigenvalue weighted by atomic mass is 16.3. The first kappa shape index (κ1) is 23.8. The van der Waals surface area contributed by atoms with Crippen molar-refractivity contribution in [3.05, 3.63) is 12.7 Å². The molecule has 0 bridgehead atoms. The van der Waals surface area contributed by atoms with E-state index in [1.807, 2.05) is 0 Å². The van der Waals surface area contributed by atoms with Crippen LogP contribution in [0.15, 0.2) is 12.7 Å². The van der Waals surface area contributed by atoms with Gasteiger partial charge in [-0.1, -0.05) is 60.0 Å². The van der Waals surface area contributed by atoms with Gasteiger partial charge in [0.2, 0.25) is 0 Å². The van der Waals surface area contributed by atoms with E-state index >= 15 is 0 Å². The maximum Gasteiger partial charge on any atom is 0.0574 e. The van der Waals surface area contributed by atoms with Crippen LogP contribution >= 0.6 is 0 Å². The fourth-order valence-electron chi connectivity index (χ4n) is 9.90. The van der Waals surface area contributed by atoms with E-state index in [4.69, 9.17) is 0 Å². The largest absolute Gasteiger partial charge is 0.393 e. The molecule has 31 heavy (non-hydrogen) atoms. The van der Waals surface area contributed by atoms with Gasteiger partial charge < -0.3 is 5.11 Å². The van der Waals surface area contributed by atoms with Crippen LogP contribution in [0.1, 0.15) is 112 Å². The predicted octanol–water partition coefficient (Wildman–Crippen LogP) is 8.27. The molecule has 0 amide bonds. The Morgan fingerprint density at radius 2 is 1.71 bits per heavy atom. The number of aliphatic hydroxyl groups is 1. The smallest absolute Gasteiger partial charge is 0.0574 e. The summed E-state index contributed by atoms with van der Waals surface area (Å²) in [5.41, 5.74) is 1.05. The Morgan fingerprint density at radius 1 is 0.968 bits per heavy atom. The summed E-state index contributed by atoms with van der Waals surface area (Å²) < 4.78 is 0. The number of hydrogen-bond acceptors (Lipinski definition) is 1. The van der Waals surface area contributed by atoms with Gasteiger partial charge in [-0.05, 0) is 116 Å². The molecule has 0 saturated heterocycles. The van der Waals surface area contributed by atoms with Gasteiger partial charge in [-0.15, -0.1) is 6.58 Å². The maximum atomic E-state index is 10.8. The number of allylic oxidation sites excluding steroid dienone is 1. The molecule has 1 heteroatoms. The number of hydrogen-bond donors (Lipinski definition) is 1. The summed E-state index contributed by atoms with van der Waals surface area (Å²) in [7, 11) is 0. The molecule has 4 fully saturated rings. The Balaban J connectivity index is 1.48. The van der Waals surface area contributed by atoms with Crippen molar-refractivity contribution in [2.24, 2.45) is 58.2 Å². The predicted molar refractivity (Wildman–Crippen MR) is 133 cm³/mol. The first-order valence-corrected chi connectivity index (χ1v) is 14.0. The van der Waals surface area contributed by atoms with Gasteiger partial charge >= 0.3 is 0 Å². The Bertz CT molecular complexity index is 624. The van der Waals surface area contributed by atoms with Gasteiger partial charge in [0.1, 0.15) is 0 Å². The Hall–Kier alpha value is -0.300. The molecule has 0 spiro atoms. The summed E-state index contributed by atoms with van der Waals surface area (Å²) in [6.45, 7) is 16.7. The molecule has 4 aliphatic rings. The summed E-state index contributed by atoms with van der Waals surface area (Å²) in [6, 6.07) is 0. The SMILES string of the molecule is C=CC[C@@H]1C[C@@]2(C)[C@@H](CC[C@@H]3[C@@H]2CC[C@]2(C)[C@@H]([C@H](C)CCCC(C)C)CC[C@@H]32)C[C@H]1O. The van der Waals surface area contributed by atoms with Gasteiger partial charge in [0.25, 0.3) is 0 Å². The topological polar surface area (TPSA) is 20.2 Å². The second-order valence-corrected chi connectivity index (χ2v) is 13.5. The number of aliphatic hydroxyl groups excluding tert-OH is 1. The van der Waals surface area contributed by atoms with Crippen LogP contribution in [-0.2, 0) is 0 Å². The quantitative estimate of drug-likeness (QED) is 0.404. The van der Waals surface area contributed by atoms with Crippen LogP contribution in [0, 0.1) is 58.2 Å². The summed E-state index contributed by atoms with van der Waals surface area (Å²) >= 11 is 0. The van der Waals surface area contributed by atoms with Gasteiger partial charge in [-0.2, -0.15) is 0 Å². The third-order valence-corrected chi connectivity index (χ3v) is 11.5. The summed E-state index contributed by atoms with van der Waals surface area (Å²) in [6.07, 6.45) is 18.2. The molecule has 1 N–H and O–H groups in total. The zero-order chi connectivity index (χ0) is 22.4. The third kappa shape index (κ3) is 4.20. The van der Waals surface area contributed by atoms with E-state index < -0.39 is 0 Å². The second kappa shape index (κ2) is 9.15. The minimum atomic E-state index is -0.0935. The normalized spacial score (nSPS) is 48.0. The minimum Gasteiger partial charge on any atom is -0.393 e. The summed E-state index contributed by atoms with van der Waals surface area (Å²) in [5, 5.41) is 10.8. The van der Waals surface area contributed by atoms with Crippen LogP contribution in [0.2, 0.25) is 0 Å². The number of fused-ring (bicyclic) bond motifs is 5. The highest BCUT2D eigenvalue weighted by Gasteiger charge is 2.61. The van der Waals surface area contributed by atoms with Gasteiger partial charge in [0.15, 0.2) is 0 Å². The molecule has 0 radical (unpaired) electrons. The zero-order valence-corrected chi connectivity index (χ0v) is 21.4. The molecule has 0 aromatic carbocycles. The Labute approximate surface area is 193 Å². The lowest BCUT2D eigenvalue weighted by Gasteiger charge is -2.62. The van der Waals surface area contributed by atoms with E-state index in [-0.39, 0.29) is 6.10 Å². The maximum absolute atomic E-state index is 10.8. The van der Waals surface area contributed by atoms with Gasteiger partial charge in [-0.25, -0.2) is 0 Å². The molecular formula is C30H52O. The van der Waals surface area contributed by atoms with Crippen molar-refractivity contribution < 1.29 is 5.11 Å². The molecule has 10 atom stereocenters. The fourth-order valence-corrected chi connectivity index (χ4v) is 9.90. The molecule has 1 nitrogen and oxygen atoms in total. The van der Waals surface area contributed by atoms with E-state index in [1.165, 1.54) is 64.2 Å². The molecule has 0 aromatic heterocycles. The van der Waals surface area contributed by atoms with Crippen molar-refractivity contribution in [2.75, 3.05) is 0 Å². The van der Waals surface area contributed by atoms with Crippen LogP contribution < -0.4 is 0 Å². The molecule has 4 rings (SSSR count). The average Bonchev–Trinajstić information content (AvgIpc) is 3.06. The Kier molecular flexibility index (Phi) is 7.04. The lowest BCUT2D eigenvalue weighted by atomic mass is 9.43. The first-order valence-electron chi connectivity index (χ1n) is 14.0. The van der Waals surface area contributed by atoms with Gasteiger partial charge in [0, 0.05) is 0 Å².